The minimum Gasteiger partial charge on any atom is -0.481 e. The maximum absolute atomic E-state index is 10.2. The SMILES string of the molecule is [2H]C([2H])([2H])CC(C(=O)O)C(=O)O. The maximum atomic E-state index is 10.2. The fourth-order valence-corrected chi connectivity index (χ4v) is 0.280. The zero-order valence-electron chi connectivity index (χ0n) is 7.50. The normalized spacial score (nSPS) is 15.9. The highest BCUT2D eigenvalue weighted by Crippen LogP contribution is 2.00. The van der Waals surface area contributed by atoms with Gasteiger partial charge in [0.05, 0.1) is 0 Å². The fourth-order valence-electron chi connectivity index (χ4n) is 0.280. The van der Waals surface area contributed by atoms with Crippen molar-refractivity contribution in [1.82, 2.24) is 0 Å². The van der Waals surface area contributed by atoms with Gasteiger partial charge in [-0.25, -0.2) is 0 Å². The van der Waals surface area contributed by atoms with Gasteiger partial charge in [0.15, 0.2) is 5.92 Å². The molecule has 2 N–H and O–H groups in total. The molecule has 0 aromatic rings. The van der Waals surface area contributed by atoms with Crippen LogP contribution in [0.25, 0.3) is 0 Å². The van der Waals surface area contributed by atoms with Crippen LogP contribution in [0.5, 0.6) is 0 Å². The summed E-state index contributed by atoms with van der Waals surface area (Å²) in [6, 6.07) is 0. The lowest BCUT2D eigenvalue weighted by Crippen LogP contribution is -2.21. The largest absolute Gasteiger partial charge is 0.481 e. The van der Waals surface area contributed by atoms with E-state index in [2.05, 4.69) is 0 Å². The van der Waals surface area contributed by atoms with Crippen molar-refractivity contribution in [2.24, 2.45) is 5.92 Å². The van der Waals surface area contributed by atoms with E-state index in [1.54, 1.807) is 0 Å². The average Bonchev–Trinajstić information content (AvgIpc) is 1.79. The highest BCUT2D eigenvalue weighted by Gasteiger charge is 2.22. The molecule has 0 fully saturated rings. The molecule has 0 aromatic heterocycles. The van der Waals surface area contributed by atoms with Crippen LogP contribution in [0.2, 0.25) is 0 Å². The molecule has 0 aliphatic rings. The van der Waals surface area contributed by atoms with Gasteiger partial charge in [-0.05, 0) is 6.42 Å². The van der Waals surface area contributed by atoms with E-state index in [9.17, 15) is 9.59 Å². The smallest absolute Gasteiger partial charge is 0.317 e. The molecule has 0 amide bonds. The molecule has 0 unspecified atom stereocenters. The van der Waals surface area contributed by atoms with E-state index in [-0.39, 0.29) is 0 Å². The number of carboxylic acids is 2. The van der Waals surface area contributed by atoms with Crippen LogP contribution in [-0.4, -0.2) is 22.2 Å². The van der Waals surface area contributed by atoms with Gasteiger partial charge in [-0.1, -0.05) is 6.85 Å². The average molecular weight is 135 g/mol. The zero-order chi connectivity index (χ0) is 9.94. The quantitative estimate of drug-likeness (QED) is 0.541. The van der Waals surface area contributed by atoms with Gasteiger partial charge in [-0.2, -0.15) is 0 Å². The van der Waals surface area contributed by atoms with Crippen LogP contribution in [0.3, 0.4) is 0 Å². The Bertz CT molecular complexity index is 183. The second kappa shape index (κ2) is 3.06. The van der Waals surface area contributed by atoms with Gasteiger partial charge in [0.25, 0.3) is 0 Å². The maximum Gasteiger partial charge on any atom is 0.317 e. The highest BCUT2D eigenvalue weighted by molar-refractivity contribution is 5.92. The van der Waals surface area contributed by atoms with Crippen molar-refractivity contribution in [2.45, 2.75) is 13.3 Å². The van der Waals surface area contributed by atoms with Crippen LogP contribution in [0.15, 0.2) is 0 Å². The van der Waals surface area contributed by atoms with E-state index < -0.39 is 31.1 Å². The second-order valence-electron chi connectivity index (χ2n) is 1.43. The Labute approximate surface area is 56.3 Å². The van der Waals surface area contributed by atoms with Crippen molar-refractivity contribution in [2.75, 3.05) is 0 Å². The van der Waals surface area contributed by atoms with Gasteiger partial charge < -0.3 is 10.2 Å². The van der Waals surface area contributed by atoms with Crippen molar-refractivity contribution in [3.05, 3.63) is 0 Å². The van der Waals surface area contributed by atoms with Crippen LogP contribution in [0, 0.1) is 5.92 Å². The molecule has 0 radical (unpaired) electrons. The number of aliphatic carboxylic acids is 2. The molecule has 0 aliphatic carbocycles. The third-order valence-electron chi connectivity index (χ3n) is 0.800. The van der Waals surface area contributed by atoms with E-state index >= 15 is 0 Å². The molecule has 52 valence electrons. The lowest BCUT2D eigenvalue weighted by atomic mass is 10.1. The molecular weight excluding hydrogens is 124 g/mol. The van der Waals surface area contributed by atoms with Gasteiger partial charge in [-0.15, -0.1) is 0 Å². The highest BCUT2D eigenvalue weighted by atomic mass is 16.4. The monoisotopic (exact) mass is 135 g/mol. The minimum absolute atomic E-state index is 0.850. The Morgan fingerprint density at radius 1 is 1.56 bits per heavy atom. The van der Waals surface area contributed by atoms with Crippen molar-refractivity contribution < 1.29 is 23.9 Å². The third kappa shape index (κ3) is 2.12. The van der Waals surface area contributed by atoms with E-state index in [4.69, 9.17) is 14.3 Å². The molecule has 0 saturated heterocycles. The number of hydrogen-bond donors (Lipinski definition) is 2. The molecular formula is C5H8O4. The summed E-state index contributed by atoms with van der Waals surface area (Å²) in [5.41, 5.74) is 0. The Balaban J connectivity index is 4.35. The van der Waals surface area contributed by atoms with Gasteiger partial charge in [0, 0.05) is 4.11 Å². The van der Waals surface area contributed by atoms with Crippen LogP contribution < -0.4 is 0 Å². The van der Waals surface area contributed by atoms with Gasteiger partial charge in [0.1, 0.15) is 0 Å². The molecule has 9 heavy (non-hydrogen) atoms. The van der Waals surface area contributed by atoms with Crippen LogP contribution in [0.1, 0.15) is 17.4 Å². The predicted octanol–water partition coefficient (Wildman–Crippen LogP) is 0.182. The molecule has 4 nitrogen and oxygen atoms in total. The summed E-state index contributed by atoms with van der Waals surface area (Å²) in [5, 5.41) is 16.6. The van der Waals surface area contributed by atoms with Gasteiger partial charge >= 0.3 is 11.9 Å². The van der Waals surface area contributed by atoms with E-state index in [0.29, 0.717) is 0 Å². The summed E-state index contributed by atoms with van der Waals surface area (Å²) in [7, 11) is 0. The van der Waals surface area contributed by atoms with Crippen molar-refractivity contribution in [1.29, 1.82) is 0 Å². The molecule has 0 aliphatic heterocycles. The Morgan fingerprint density at radius 2 is 2.00 bits per heavy atom. The summed E-state index contributed by atoms with van der Waals surface area (Å²) >= 11 is 0. The molecule has 4 heteroatoms. The van der Waals surface area contributed by atoms with E-state index in [1.165, 1.54) is 0 Å². The van der Waals surface area contributed by atoms with Crippen LogP contribution in [0.4, 0.5) is 0 Å². The predicted molar refractivity (Wildman–Crippen MR) is 29.1 cm³/mol. The molecule has 0 atom stereocenters. The Kier molecular flexibility index (Phi) is 1.32. The first kappa shape index (κ1) is 3.87. The number of carboxylic acid groups (broad SMARTS) is 2. The molecule has 0 heterocycles. The Morgan fingerprint density at radius 3 is 2.11 bits per heavy atom. The number of hydrogen-bond acceptors (Lipinski definition) is 2. The number of rotatable bonds is 3. The summed E-state index contributed by atoms with van der Waals surface area (Å²) < 4.78 is 20.0. The first-order chi connectivity index (χ1) is 5.24. The summed E-state index contributed by atoms with van der Waals surface area (Å²) in [6.07, 6.45) is -0.850. The second-order valence-corrected chi connectivity index (χ2v) is 1.43. The van der Waals surface area contributed by atoms with Crippen molar-refractivity contribution in [3.8, 4) is 0 Å². The van der Waals surface area contributed by atoms with Crippen molar-refractivity contribution >= 4 is 11.9 Å². The first-order valence-electron chi connectivity index (χ1n) is 3.69. The van der Waals surface area contributed by atoms with Gasteiger partial charge in [0.2, 0.25) is 0 Å². The Hall–Kier alpha value is -1.06. The van der Waals surface area contributed by atoms with Gasteiger partial charge in [-0.3, -0.25) is 9.59 Å². The molecule has 0 saturated carbocycles. The summed E-state index contributed by atoms with van der Waals surface area (Å²) in [5.74, 6) is -5.10. The van der Waals surface area contributed by atoms with Crippen LogP contribution in [-0.2, 0) is 9.59 Å². The minimum atomic E-state index is -2.53. The van der Waals surface area contributed by atoms with E-state index in [1.807, 2.05) is 0 Å². The summed E-state index contributed by atoms with van der Waals surface area (Å²) in [6.45, 7) is -2.53. The molecule has 0 aromatic carbocycles. The first-order valence-corrected chi connectivity index (χ1v) is 2.19. The zero-order valence-corrected chi connectivity index (χ0v) is 4.50. The third-order valence-corrected chi connectivity index (χ3v) is 0.800. The lowest BCUT2D eigenvalue weighted by molar-refractivity contribution is -0.154. The van der Waals surface area contributed by atoms with Crippen molar-refractivity contribution in [3.63, 3.8) is 0 Å². The molecule has 0 spiro atoms. The fraction of sp³-hybridized carbons (Fsp3) is 0.600. The number of carbonyl (C=O) groups is 2. The van der Waals surface area contributed by atoms with Crippen LogP contribution >= 0.6 is 0 Å². The van der Waals surface area contributed by atoms with E-state index in [0.717, 1.165) is 0 Å². The lowest BCUT2D eigenvalue weighted by Gasteiger charge is -2.00. The summed E-state index contributed by atoms with van der Waals surface area (Å²) in [4.78, 5) is 20.4. The standard InChI is InChI=1S/C5H8O4/c1-2-3(4(6)7)5(8)9/h3H,2H2,1H3,(H,6,7)(H,8,9)/i1D3. The molecule has 0 bridgehead atoms. The molecule has 0 rings (SSSR count). The topological polar surface area (TPSA) is 74.6 Å².